The maximum atomic E-state index is 12.0. The maximum Gasteiger partial charge on any atom is 0.330 e. The van der Waals surface area contributed by atoms with Crippen LogP contribution in [-0.2, 0) is 29.9 Å². The van der Waals surface area contributed by atoms with Gasteiger partial charge >= 0.3 is 11.9 Å². The molecule has 0 saturated carbocycles. The number of ether oxygens (including phenoxy) is 2. The predicted molar refractivity (Wildman–Crippen MR) is 79.0 cm³/mol. The van der Waals surface area contributed by atoms with E-state index in [-0.39, 0.29) is 19.0 Å². The second kappa shape index (κ2) is 9.07. The number of hydrogen-bond donors (Lipinski definition) is 0. The Morgan fingerprint density at radius 3 is 2.48 bits per heavy atom. The third-order valence-corrected chi connectivity index (χ3v) is 4.15. The Labute approximate surface area is 126 Å². The highest BCUT2D eigenvalue weighted by Crippen LogP contribution is 2.10. The Balaban J connectivity index is 2.32. The van der Waals surface area contributed by atoms with Gasteiger partial charge < -0.3 is 9.47 Å². The molecule has 5 nitrogen and oxygen atoms in total. The van der Waals surface area contributed by atoms with Gasteiger partial charge in [0.25, 0.3) is 0 Å². The van der Waals surface area contributed by atoms with Crippen molar-refractivity contribution in [3.8, 4) is 0 Å². The lowest BCUT2D eigenvalue weighted by atomic mass is 10.2. The highest BCUT2D eigenvalue weighted by molar-refractivity contribution is 7.85. The van der Waals surface area contributed by atoms with Crippen molar-refractivity contribution in [3.63, 3.8) is 0 Å². The van der Waals surface area contributed by atoms with Gasteiger partial charge in [-0.1, -0.05) is 31.7 Å². The van der Waals surface area contributed by atoms with E-state index in [0.29, 0.717) is 4.90 Å². The summed E-state index contributed by atoms with van der Waals surface area (Å²) in [5.74, 6) is -1.34. The third kappa shape index (κ3) is 6.35. The van der Waals surface area contributed by atoms with E-state index in [9.17, 15) is 13.8 Å². The van der Waals surface area contributed by atoms with Crippen LogP contribution in [0.2, 0.25) is 0 Å². The van der Waals surface area contributed by atoms with Crippen LogP contribution in [0.25, 0.3) is 0 Å². The molecule has 0 aliphatic carbocycles. The highest BCUT2D eigenvalue weighted by Gasteiger charge is 2.18. The minimum atomic E-state index is -1.25. The van der Waals surface area contributed by atoms with Gasteiger partial charge in [0, 0.05) is 16.7 Å². The summed E-state index contributed by atoms with van der Waals surface area (Å²) in [6.07, 6.45) is 1.04. The molecule has 0 N–H and O–H groups in total. The van der Waals surface area contributed by atoms with Gasteiger partial charge in [0.05, 0.1) is 16.7 Å². The fourth-order valence-corrected chi connectivity index (χ4v) is 2.69. The van der Waals surface area contributed by atoms with Crippen LogP contribution in [0.15, 0.2) is 47.9 Å². The summed E-state index contributed by atoms with van der Waals surface area (Å²) in [6.45, 7) is 4.85. The van der Waals surface area contributed by atoms with Crippen LogP contribution in [0.5, 0.6) is 0 Å². The van der Waals surface area contributed by atoms with Gasteiger partial charge in [-0.2, -0.15) is 0 Å². The lowest BCUT2D eigenvalue weighted by molar-refractivity contribution is -0.152. The molecule has 0 aromatic heterocycles. The first-order chi connectivity index (χ1) is 10.0. The van der Waals surface area contributed by atoms with Gasteiger partial charge in [0.1, 0.15) is 13.2 Å². The molecule has 0 heterocycles. The van der Waals surface area contributed by atoms with Crippen molar-refractivity contribution in [2.45, 2.75) is 11.8 Å². The summed E-state index contributed by atoms with van der Waals surface area (Å²) in [5, 5.41) is 0. The van der Waals surface area contributed by atoms with E-state index in [4.69, 9.17) is 4.74 Å². The molecule has 0 spiro atoms. The zero-order chi connectivity index (χ0) is 15.7. The first kappa shape index (κ1) is 17.1. The molecule has 2 atom stereocenters. The van der Waals surface area contributed by atoms with E-state index in [0.717, 1.165) is 6.08 Å². The largest absolute Gasteiger partial charge is 0.462 e. The van der Waals surface area contributed by atoms with Gasteiger partial charge in [0.15, 0.2) is 0 Å². The molecule has 0 radical (unpaired) electrons. The van der Waals surface area contributed by atoms with E-state index >= 15 is 0 Å². The first-order valence-electron chi connectivity index (χ1n) is 6.44. The molecule has 1 aromatic carbocycles. The normalized spacial score (nSPS) is 13.0. The number of benzene rings is 1. The highest BCUT2D eigenvalue weighted by atomic mass is 32.2. The molecule has 1 aromatic rings. The lowest BCUT2D eigenvalue weighted by Crippen LogP contribution is -2.22. The van der Waals surface area contributed by atoms with Crippen molar-refractivity contribution < 1.29 is 23.3 Å². The molecule has 2 unspecified atom stereocenters. The van der Waals surface area contributed by atoms with Gasteiger partial charge in [-0.3, -0.25) is 9.00 Å². The Morgan fingerprint density at radius 1 is 1.24 bits per heavy atom. The van der Waals surface area contributed by atoms with Gasteiger partial charge in [0.2, 0.25) is 0 Å². The zero-order valence-corrected chi connectivity index (χ0v) is 12.6. The lowest BCUT2D eigenvalue weighted by Gasteiger charge is -2.11. The number of carbonyl (C=O) groups is 2. The second-order valence-corrected chi connectivity index (χ2v) is 5.76. The summed E-state index contributed by atoms with van der Waals surface area (Å²) < 4.78 is 21.7. The van der Waals surface area contributed by atoms with Crippen LogP contribution in [0.1, 0.15) is 6.92 Å². The molecule has 0 bridgehead atoms. The van der Waals surface area contributed by atoms with E-state index in [1.807, 2.05) is 6.07 Å². The summed E-state index contributed by atoms with van der Waals surface area (Å²) >= 11 is 0. The van der Waals surface area contributed by atoms with Gasteiger partial charge in [-0.25, -0.2) is 4.79 Å². The maximum absolute atomic E-state index is 12.0. The average molecular weight is 310 g/mol. The fourth-order valence-electron chi connectivity index (χ4n) is 1.45. The fraction of sp³-hybridized carbons (Fsp3) is 0.333. The monoisotopic (exact) mass is 310 g/mol. The topological polar surface area (TPSA) is 69.7 Å². The molecular formula is C15H18O5S. The smallest absolute Gasteiger partial charge is 0.330 e. The minimum Gasteiger partial charge on any atom is -0.462 e. The van der Waals surface area contributed by atoms with Crippen molar-refractivity contribution in [1.29, 1.82) is 0 Å². The summed E-state index contributed by atoms with van der Waals surface area (Å²) in [4.78, 5) is 23.2. The predicted octanol–water partition coefficient (Wildman–Crippen LogP) is 1.70. The molecule has 21 heavy (non-hydrogen) atoms. The van der Waals surface area contributed by atoms with E-state index in [1.54, 1.807) is 31.2 Å². The Bertz CT molecular complexity index is 512. The number of carbonyl (C=O) groups excluding carboxylic acids is 2. The molecule has 6 heteroatoms. The van der Waals surface area contributed by atoms with E-state index in [1.165, 1.54) is 0 Å². The summed E-state index contributed by atoms with van der Waals surface area (Å²) in [5.41, 5.74) is 0. The van der Waals surface area contributed by atoms with Crippen LogP contribution in [0.3, 0.4) is 0 Å². The van der Waals surface area contributed by atoms with Crippen molar-refractivity contribution in [1.82, 2.24) is 0 Å². The zero-order valence-electron chi connectivity index (χ0n) is 11.8. The van der Waals surface area contributed by atoms with E-state index in [2.05, 4.69) is 11.3 Å². The molecular weight excluding hydrogens is 292 g/mol. The van der Waals surface area contributed by atoms with Crippen molar-refractivity contribution in [2.24, 2.45) is 5.92 Å². The molecule has 0 aliphatic heterocycles. The van der Waals surface area contributed by atoms with Crippen molar-refractivity contribution in [3.05, 3.63) is 43.0 Å². The van der Waals surface area contributed by atoms with Gasteiger partial charge in [-0.05, 0) is 12.1 Å². The Hall–Kier alpha value is -1.95. The molecule has 0 amide bonds. The van der Waals surface area contributed by atoms with Crippen molar-refractivity contribution >= 4 is 22.7 Å². The SMILES string of the molecule is C=CC(=O)OCCOC(=O)C(C)CS(=O)c1ccccc1. The third-order valence-electron chi connectivity index (χ3n) is 2.55. The summed E-state index contributed by atoms with van der Waals surface area (Å²) in [7, 11) is -1.25. The molecule has 0 saturated heterocycles. The van der Waals surface area contributed by atoms with Crippen LogP contribution < -0.4 is 0 Å². The minimum absolute atomic E-state index is 0.0227. The molecule has 114 valence electrons. The van der Waals surface area contributed by atoms with Crippen LogP contribution in [-0.4, -0.2) is 35.1 Å². The molecule has 0 fully saturated rings. The number of esters is 2. The Morgan fingerprint density at radius 2 is 1.86 bits per heavy atom. The molecule has 0 aliphatic rings. The quantitative estimate of drug-likeness (QED) is 0.415. The average Bonchev–Trinajstić information content (AvgIpc) is 2.51. The van der Waals surface area contributed by atoms with Crippen LogP contribution >= 0.6 is 0 Å². The van der Waals surface area contributed by atoms with Crippen LogP contribution in [0, 0.1) is 5.92 Å². The Kier molecular flexibility index (Phi) is 7.39. The van der Waals surface area contributed by atoms with Gasteiger partial charge in [-0.15, -0.1) is 0 Å². The standard InChI is InChI=1S/C15H18O5S/c1-3-14(16)19-9-10-20-15(17)12(2)11-21(18)13-7-5-4-6-8-13/h3-8,12H,1,9-11H2,2H3. The second-order valence-electron chi connectivity index (χ2n) is 4.27. The molecule has 1 rings (SSSR count). The van der Waals surface area contributed by atoms with E-state index < -0.39 is 28.7 Å². The van der Waals surface area contributed by atoms with Crippen molar-refractivity contribution in [2.75, 3.05) is 19.0 Å². The number of rotatable bonds is 8. The first-order valence-corrected chi connectivity index (χ1v) is 7.75. The van der Waals surface area contributed by atoms with Crippen LogP contribution in [0.4, 0.5) is 0 Å². The summed E-state index contributed by atoms with van der Waals surface area (Å²) in [6, 6.07) is 8.93. The number of hydrogen-bond acceptors (Lipinski definition) is 5.